The first-order valence-corrected chi connectivity index (χ1v) is 9.58. The van der Waals surface area contributed by atoms with E-state index in [1.165, 1.54) is 12.1 Å². The minimum atomic E-state index is -0.342. The number of carbonyl (C=O) groups is 1. The molecule has 146 valence electrons. The summed E-state index contributed by atoms with van der Waals surface area (Å²) in [6, 6.07) is 14.5. The van der Waals surface area contributed by atoms with Crippen LogP contribution in [-0.2, 0) is 6.61 Å². The molecule has 0 atom stereocenters. The number of halogens is 3. The third-order valence-corrected chi connectivity index (χ3v) is 5.26. The van der Waals surface area contributed by atoms with Crippen LogP contribution in [0.3, 0.4) is 0 Å². The van der Waals surface area contributed by atoms with Crippen molar-refractivity contribution >= 4 is 35.1 Å². The lowest BCUT2D eigenvalue weighted by molar-refractivity contribution is 0.101. The van der Waals surface area contributed by atoms with Gasteiger partial charge in [-0.05, 0) is 54.5 Å². The number of hydrogen-bond acceptors (Lipinski definition) is 3. The number of allylic oxidation sites excluding steroid dienone is 1. The first-order valence-electron chi connectivity index (χ1n) is 8.82. The van der Waals surface area contributed by atoms with Crippen LogP contribution in [0, 0.1) is 12.7 Å². The molecule has 0 bridgehead atoms. The maximum Gasteiger partial charge on any atom is 0.232 e. The van der Waals surface area contributed by atoms with Crippen molar-refractivity contribution in [2.45, 2.75) is 13.5 Å². The van der Waals surface area contributed by atoms with Crippen molar-refractivity contribution in [2.75, 3.05) is 0 Å². The summed E-state index contributed by atoms with van der Waals surface area (Å²) >= 11 is 12.4. The number of fused-ring (bicyclic) bond motifs is 1. The highest BCUT2D eigenvalue weighted by molar-refractivity contribution is 6.35. The summed E-state index contributed by atoms with van der Waals surface area (Å²) in [5, 5.41) is 1.04. The van der Waals surface area contributed by atoms with Crippen LogP contribution in [0.25, 0.3) is 6.08 Å². The molecule has 0 radical (unpaired) electrons. The van der Waals surface area contributed by atoms with Gasteiger partial charge in [0.15, 0.2) is 5.76 Å². The fourth-order valence-corrected chi connectivity index (χ4v) is 3.60. The number of rotatable bonds is 4. The third kappa shape index (κ3) is 4.00. The normalized spacial score (nSPS) is 14.1. The average Bonchev–Trinajstić information content (AvgIpc) is 2.99. The highest BCUT2D eigenvalue weighted by Crippen LogP contribution is 2.38. The molecular weight excluding hydrogens is 414 g/mol. The highest BCUT2D eigenvalue weighted by Gasteiger charge is 2.30. The van der Waals surface area contributed by atoms with Gasteiger partial charge in [-0.1, -0.05) is 41.4 Å². The van der Waals surface area contributed by atoms with Crippen molar-refractivity contribution in [2.24, 2.45) is 0 Å². The van der Waals surface area contributed by atoms with E-state index in [9.17, 15) is 9.18 Å². The number of hydrogen-bond donors (Lipinski definition) is 0. The van der Waals surface area contributed by atoms with E-state index in [2.05, 4.69) is 0 Å². The molecule has 1 aliphatic rings. The van der Waals surface area contributed by atoms with Gasteiger partial charge in [-0.15, -0.1) is 0 Å². The fourth-order valence-electron chi connectivity index (χ4n) is 3.10. The van der Waals surface area contributed by atoms with Crippen molar-refractivity contribution in [3.05, 3.63) is 98.5 Å². The molecule has 3 nitrogen and oxygen atoms in total. The molecule has 29 heavy (non-hydrogen) atoms. The second-order valence-electron chi connectivity index (χ2n) is 6.59. The van der Waals surface area contributed by atoms with Crippen molar-refractivity contribution in [1.29, 1.82) is 0 Å². The van der Waals surface area contributed by atoms with Crippen LogP contribution in [0.1, 0.15) is 27.0 Å². The van der Waals surface area contributed by atoms with E-state index in [0.717, 1.165) is 5.56 Å². The van der Waals surface area contributed by atoms with Crippen molar-refractivity contribution in [1.82, 2.24) is 0 Å². The predicted octanol–water partition coefficient (Wildman–Crippen LogP) is 6.64. The molecule has 0 aromatic heterocycles. The van der Waals surface area contributed by atoms with Crippen LogP contribution in [0.4, 0.5) is 4.39 Å². The summed E-state index contributed by atoms with van der Waals surface area (Å²) in [6.45, 7) is 2.00. The monoisotopic (exact) mass is 428 g/mol. The molecule has 0 unspecified atom stereocenters. The molecule has 1 aliphatic heterocycles. The van der Waals surface area contributed by atoms with Gasteiger partial charge in [0.2, 0.25) is 5.78 Å². The summed E-state index contributed by atoms with van der Waals surface area (Å²) in [4.78, 5) is 12.7. The molecule has 0 spiro atoms. The van der Waals surface area contributed by atoms with Crippen LogP contribution in [0.15, 0.2) is 60.4 Å². The number of Topliss-reactive ketones (excluding diaryl/α,β-unsaturated/α-hetero) is 1. The standard InChI is InChI=1S/C23H15Cl2FO3/c1-13-9-16(28-12-17-18(24)3-2-4-19(17)25)11-20-22(13)23(27)21(29-20)10-14-5-7-15(26)8-6-14/h2-11H,12H2,1H3/b21-10-. The number of benzene rings is 3. The second kappa shape index (κ2) is 7.90. The molecule has 1 heterocycles. The molecular formula is C23H15Cl2FO3. The summed E-state index contributed by atoms with van der Waals surface area (Å²) in [6.07, 6.45) is 1.59. The van der Waals surface area contributed by atoms with Crippen LogP contribution >= 0.6 is 23.2 Å². The van der Waals surface area contributed by atoms with Crippen LogP contribution in [0.2, 0.25) is 10.0 Å². The topological polar surface area (TPSA) is 35.5 Å². The zero-order valence-corrected chi connectivity index (χ0v) is 16.9. The van der Waals surface area contributed by atoms with Gasteiger partial charge in [0.05, 0.1) is 5.56 Å². The number of carbonyl (C=O) groups excluding carboxylic acids is 1. The molecule has 0 aliphatic carbocycles. The van der Waals surface area contributed by atoms with Gasteiger partial charge in [0, 0.05) is 21.7 Å². The van der Waals surface area contributed by atoms with Gasteiger partial charge < -0.3 is 9.47 Å². The van der Waals surface area contributed by atoms with Crippen molar-refractivity contribution < 1.29 is 18.7 Å². The van der Waals surface area contributed by atoms with Crippen LogP contribution in [-0.4, -0.2) is 5.78 Å². The molecule has 0 saturated carbocycles. The minimum Gasteiger partial charge on any atom is -0.489 e. The van der Waals surface area contributed by atoms with Gasteiger partial charge in [0.25, 0.3) is 0 Å². The number of ether oxygens (including phenoxy) is 2. The largest absolute Gasteiger partial charge is 0.489 e. The van der Waals surface area contributed by atoms with E-state index < -0.39 is 0 Å². The van der Waals surface area contributed by atoms with E-state index in [1.54, 1.807) is 48.5 Å². The summed E-state index contributed by atoms with van der Waals surface area (Å²) < 4.78 is 24.7. The van der Waals surface area contributed by atoms with Crippen molar-refractivity contribution in [3.63, 3.8) is 0 Å². The first-order chi connectivity index (χ1) is 13.9. The lowest BCUT2D eigenvalue weighted by Gasteiger charge is -2.11. The highest BCUT2D eigenvalue weighted by atomic mass is 35.5. The third-order valence-electron chi connectivity index (χ3n) is 4.56. The zero-order valence-electron chi connectivity index (χ0n) is 15.3. The quantitative estimate of drug-likeness (QED) is 0.437. The van der Waals surface area contributed by atoms with E-state index in [1.807, 2.05) is 6.92 Å². The van der Waals surface area contributed by atoms with E-state index in [0.29, 0.717) is 38.2 Å². The summed E-state index contributed by atoms with van der Waals surface area (Å²) in [5.41, 5.74) is 2.57. The Hall–Kier alpha value is -2.82. The molecule has 0 saturated heterocycles. The molecule has 4 rings (SSSR count). The molecule has 6 heteroatoms. The van der Waals surface area contributed by atoms with Gasteiger partial charge in [-0.2, -0.15) is 0 Å². The Labute approximate surface area is 177 Å². The first kappa shape index (κ1) is 19.5. The maximum atomic E-state index is 13.1. The molecule has 0 N–H and O–H groups in total. The van der Waals surface area contributed by atoms with Crippen LogP contribution < -0.4 is 9.47 Å². The molecule has 3 aromatic rings. The number of ketones is 1. The Morgan fingerprint density at radius 1 is 1.07 bits per heavy atom. The molecule has 3 aromatic carbocycles. The van der Waals surface area contributed by atoms with E-state index >= 15 is 0 Å². The lowest BCUT2D eigenvalue weighted by atomic mass is 10.0. The van der Waals surface area contributed by atoms with Gasteiger partial charge in [-0.3, -0.25) is 4.79 Å². The lowest BCUT2D eigenvalue weighted by Crippen LogP contribution is -2.00. The number of aryl methyl sites for hydroxylation is 1. The van der Waals surface area contributed by atoms with Crippen molar-refractivity contribution in [3.8, 4) is 11.5 Å². The smallest absolute Gasteiger partial charge is 0.232 e. The Kier molecular flexibility index (Phi) is 5.31. The molecule has 0 fully saturated rings. The Morgan fingerprint density at radius 2 is 1.76 bits per heavy atom. The summed E-state index contributed by atoms with van der Waals surface area (Å²) in [7, 11) is 0. The van der Waals surface area contributed by atoms with Gasteiger partial charge >= 0.3 is 0 Å². The Balaban J connectivity index is 1.58. The second-order valence-corrected chi connectivity index (χ2v) is 7.41. The van der Waals surface area contributed by atoms with E-state index in [4.69, 9.17) is 32.7 Å². The Bertz CT molecular complexity index is 1120. The SMILES string of the molecule is Cc1cc(OCc2c(Cl)cccc2Cl)cc2c1C(=O)/C(=C/c1ccc(F)cc1)O2. The van der Waals surface area contributed by atoms with Gasteiger partial charge in [-0.25, -0.2) is 4.39 Å². The van der Waals surface area contributed by atoms with E-state index in [-0.39, 0.29) is 24.0 Å². The fraction of sp³-hybridized carbons (Fsp3) is 0.0870. The maximum absolute atomic E-state index is 13.1. The minimum absolute atomic E-state index is 0.181. The van der Waals surface area contributed by atoms with Gasteiger partial charge in [0.1, 0.15) is 23.9 Å². The molecule has 0 amide bonds. The average molecular weight is 429 g/mol. The van der Waals surface area contributed by atoms with Crippen LogP contribution in [0.5, 0.6) is 11.5 Å². The predicted molar refractivity (Wildman–Crippen MR) is 111 cm³/mol. The summed E-state index contributed by atoms with van der Waals surface area (Å²) in [5.74, 6) is 0.575. The Morgan fingerprint density at radius 3 is 2.45 bits per heavy atom. The zero-order chi connectivity index (χ0) is 20.5.